The predicted octanol–water partition coefficient (Wildman–Crippen LogP) is 3.73. The zero-order chi connectivity index (χ0) is 17.6. The summed E-state index contributed by atoms with van der Waals surface area (Å²) in [5, 5.41) is 6.39. The fourth-order valence-corrected chi connectivity index (χ4v) is 2.36. The van der Waals surface area contributed by atoms with Crippen molar-refractivity contribution < 1.29 is 4.39 Å². The zero-order valence-electron chi connectivity index (χ0n) is 14.0. The number of benzene rings is 2. The molecule has 2 aromatic carbocycles. The number of nitrogens with two attached hydrogens (primary N) is 1. The largest absolute Gasteiger partial charge is 0.393 e. The molecular weight excluding hydrogens is 317 g/mol. The molecule has 3 rings (SSSR count). The summed E-state index contributed by atoms with van der Waals surface area (Å²) in [4.78, 5) is 8.38. The van der Waals surface area contributed by atoms with E-state index in [0.717, 1.165) is 11.1 Å². The third-order valence-electron chi connectivity index (χ3n) is 3.84. The minimum absolute atomic E-state index is 0.257. The van der Waals surface area contributed by atoms with Crippen LogP contribution in [0.5, 0.6) is 0 Å². The summed E-state index contributed by atoms with van der Waals surface area (Å²) >= 11 is 0. The van der Waals surface area contributed by atoms with Crippen LogP contribution in [-0.2, 0) is 13.1 Å². The van der Waals surface area contributed by atoms with Crippen LogP contribution in [0.25, 0.3) is 0 Å². The molecule has 6 heteroatoms. The van der Waals surface area contributed by atoms with Crippen LogP contribution in [0.2, 0.25) is 0 Å². The van der Waals surface area contributed by atoms with Gasteiger partial charge in [-0.1, -0.05) is 42.0 Å². The molecule has 25 heavy (non-hydrogen) atoms. The number of nitrogen functional groups attached to an aromatic ring is 1. The van der Waals surface area contributed by atoms with E-state index in [1.165, 1.54) is 24.0 Å². The standard InChI is InChI=1S/C19H20FN5/c1-13-2-4-14(5-3-13)10-22-18-17(21)19(25-12-24-18)23-11-15-6-8-16(20)9-7-15/h2-9,12H,10-11,21H2,1H3,(H2,22,23,24,25). The van der Waals surface area contributed by atoms with Crippen molar-refractivity contribution in [1.82, 2.24) is 9.97 Å². The number of nitrogens with one attached hydrogen (secondary N) is 2. The number of hydrogen-bond acceptors (Lipinski definition) is 5. The van der Waals surface area contributed by atoms with E-state index in [1.54, 1.807) is 12.1 Å². The van der Waals surface area contributed by atoms with Crippen molar-refractivity contribution in [2.45, 2.75) is 20.0 Å². The highest BCUT2D eigenvalue weighted by molar-refractivity contribution is 5.74. The van der Waals surface area contributed by atoms with Gasteiger partial charge in [0.25, 0.3) is 0 Å². The Bertz CT molecular complexity index is 764. The Kier molecular flexibility index (Phi) is 5.09. The number of hydrogen-bond donors (Lipinski definition) is 3. The van der Waals surface area contributed by atoms with Gasteiger partial charge in [-0.05, 0) is 30.2 Å². The first-order chi connectivity index (χ1) is 12.1. The van der Waals surface area contributed by atoms with E-state index in [-0.39, 0.29) is 5.82 Å². The fraction of sp³-hybridized carbons (Fsp3) is 0.158. The molecule has 0 aliphatic rings. The summed E-state index contributed by atoms with van der Waals surface area (Å²) in [7, 11) is 0. The summed E-state index contributed by atoms with van der Waals surface area (Å²) in [6, 6.07) is 14.5. The van der Waals surface area contributed by atoms with E-state index in [9.17, 15) is 4.39 Å². The van der Waals surface area contributed by atoms with Gasteiger partial charge >= 0.3 is 0 Å². The first-order valence-electron chi connectivity index (χ1n) is 8.00. The van der Waals surface area contributed by atoms with Gasteiger partial charge in [0.15, 0.2) is 11.6 Å². The van der Waals surface area contributed by atoms with Crippen molar-refractivity contribution in [3.05, 3.63) is 77.4 Å². The lowest BCUT2D eigenvalue weighted by atomic mass is 10.1. The highest BCUT2D eigenvalue weighted by Crippen LogP contribution is 2.23. The smallest absolute Gasteiger partial charge is 0.155 e. The molecule has 0 saturated carbocycles. The maximum absolute atomic E-state index is 12.9. The number of aromatic nitrogens is 2. The van der Waals surface area contributed by atoms with Crippen LogP contribution in [0.4, 0.5) is 21.7 Å². The minimum atomic E-state index is -0.257. The predicted molar refractivity (Wildman–Crippen MR) is 98.7 cm³/mol. The lowest BCUT2D eigenvalue weighted by Gasteiger charge is -2.13. The average Bonchev–Trinajstić information content (AvgIpc) is 2.62. The molecule has 0 atom stereocenters. The molecule has 0 spiro atoms. The quantitative estimate of drug-likeness (QED) is 0.639. The van der Waals surface area contributed by atoms with Crippen molar-refractivity contribution in [3.63, 3.8) is 0 Å². The van der Waals surface area contributed by atoms with Gasteiger partial charge in [0.1, 0.15) is 17.8 Å². The van der Waals surface area contributed by atoms with Crippen LogP contribution in [-0.4, -0.2) is 9.97 Å². The zero-order valence-corrected chi connectivity index (χ0v) is 14.0. The Morgan fingerprint density at radius 1 is 0.840 bits per heavy atom. The van der Waals surface area contributed by atoms with Crippen LogP contribution >= 0.6 is 0 Å². The lowest BCUT2D eigenvalue weighted by Crippen LogP contribution is -2.10. The molecule has 1 heterocycles. The van der Waals surface area contributed by atoms with Crippen LogP contribution in [0.1, 0.15) is 16.7 Å². The molecule has 0 bridgehead atoms. The molecule has 0 unspecified atom stereocenters. The average molecular weight is 337 g/mol. The van der Waals surface area contributed by atoms with Gasteiger partial charge in [-0.15, -0.1) is 0 Å². The fourth-order valence-electron chi connectivity index (χ4n) is 2.36. The number of aryl methyl sites for hydroxylation is 1. The Balaban J connectivity index is 1.64. The Labute approximate surface area is 146 Å². The number of rotatable bonds is 6. The molecule has 0 fully saturated rings. The number of anilines is 3. The molecule has 5 nitrogen and oxygen atoms in total. The van der Waals surface area contributed by atoms with Gasteiger partial charge < -0.3 is 16.4 Å². The SMILES string of the molecule is Cc1ccc(CNc2ncnc(NCc3ccc(F)cc3)c2N)cc1. The van der Waals surface area contributed by atoms with E-state index >= 15 is 0 Å². The van der Waals surface area contributed by atoms with E-state index in [0.29, 0.717) is 30.4 Å². The first-order valence-corrected chi connectivity index (χ1v) is 8.00. The van der Waals surface area contributed by atoms with Gasteiger partial charge in [-0.3, -0.25) is 0 Å². The molecule has 0 saturated heterocycles. The topological polar surface area (TPSA) is 75.9 Å². The highest BCUT2D eigenvalue weighted by Gasteiger charge is 2.08. The number of nitrogens with zero attached hydrogens (tertiary/aromatic N) is 2. The second-order valence-corrected chi connectivity index (χ2v) is 5.80. The van der Waals surface area contributed by atoms with E-state index in [2.05, 4.69) is 51.8 Å². The summed E-state index contributed by atoms with van der Waals surface area (Å²) < 4.78 is 12.9. The van der Waals surface area contributed by atoms with Crippen LogP contribution in [0.3, 0.4) is 0 Å². The maximum Gasteiger partial charge on any atom is 0.155 e. The second kappa shape index (κ2) is 7.61. The van der Waals surface area contributed by atoms with Crippen molar-refractivity contribution in [3.8, 4) is 0 Å². The van der Waals surface area contributed by atoms with Gasteiger partial charge in [0, 0.05) is 13.1 Å². The van der Waals surface area contributed by atoms with E-state index in [1.807, 2.05) is 0 Å². The molecule has 0 radical (unpaired) electrons. The summed E-state index contributed by atoms with van der Waals surface area (Å²) in [6.07, 6.45) is 1.46. The van der Waals surface area contributed by atoms with E-state index in [4.69, 9.17) is 5.73 Å². The van der Waals surface area contributed by atoms with Gasteiger partial charge in [0.05, 0.1) is 0 Å². The molecule has 0 amide bonds. The van der Waals surface area contributed by atoms with Crippen molar-refractivity contribution in [1.29, 1.82) is 0 Å². The van der Waals surface area contributed by atoms with Crippen LogP contribution in [0, 0.1) is 12.7 Å². The van der Waals surface area contributed by atoms with E-state index < -0.39 is 0 Å². The summed E-state index contributed by atoms with van der Waals surface area (Å²) in [5.41, 5.74) is 9.91. The molecule has 3 aromatic rings. The monoisotopic (exact) mass is 337 g/mol. The Morgan fingerprint density at radius 3 is 1.84 bits per heavy atom. The second-order valence-electron chi connectivity index (χ2n) is 5.80. The molecule has 4 N–H and O–H groups in total. The normalized spacial score (nSPS) is 10.5. The molecule has 128 valence electrons. The van der Waals surface area contributed by atoms with Crippen LogP contribution < -0.4 is 16.4 Å². The minimum Gasteiger partial charge on any atom is -0.393 e. The van der Waals surface area contributed by atoms with Crippen LogP contribution in [0.15, 0.2) is 54.9 Å². The maximum atomic E-state index is 12.9. The lowest BCUT2D eigenvalue weighted by molar-refractivity contribution is 0.627. The highest BCUT2D eigenvalue weighted by atomic mass is 19.1. The molecular formula is C19H20FN5. The van der Waals surface area contributed by atoms with Gasteiger partial charge in [-0.25, -0.2) is 14.4 Å². The Hall–Kier alpha value is -3.15. The van der Waals surface area contributed by atoms with Crippen molar-refractivity contribution >= 4 is 17.3 Å². The molecule has 0 aliphatic heterocycles. The third-order valence-corrected chi connectivity index (χ3v) is 3.84. The molecule has 0 aliphatic carbocycles. The third kappa shape index (κ3) is 4.44. The number of halogens is 1. The molecule has 1 aromatic heterocycles. The summed E-state index contributed by atoms with van der Waals surface area (Å²) in [5.74, 6) is 0.871. The Morgan fingerprint density at radius 2 is 1.32 bits per heavy atom. The first kappa shape index (κ1) is 16.7. The van der Waals surface area contributed by atoms with Gasteiger partial charge in [0.2, 0.25) is 0 Å². The van der Waals surface area contributed by atoms with Crippen molar-refractivity contribution in [2.24, 2.45) is 0 Å². The van der Waals surface area contributed by atoms with Crippen molar-refractivity contribution in [2.75, 3.05) is 16.4 Å². The van der Waals surface area contributed by atoms with Gasteiger partial charge in [-0.2, -0.15) is 0 Å². The summed E-state index contributed by atoms with van der Waals surface area (Å²) in [6.45, 7) is 3.18.